The van der Waals surface area contributed by atoms with Gasteiger partial charge in [0.1, 0.15) is 11.6 Å². The summed E-state index contributed by atoms with van der Waals surface area (Å²) < 4.78 is 0. The van der Waals surface area contributed by atoms with E-state index in [0.717, 1.165) is 12.3 Å². The third kappa shape index (κ3) is 2.83. The second-order valence-electron chi connectivity index (χ2n) is 4.18. The Labute approximate surface area is 115 Å². The molecular formula is C12H14N4O4. The standard InChI is InChI=1S/C12H14N4O4/c1-3-12(4-2,11(17)18)15-10-9(16(19)20)5-8(6-13)7-14-10/h5,7H,3-4H2,1-2H3,(H,14,15)(H,17,18). The van der Waals surface area contributed by atoms with Crippen LogP contribution in [0.4, 0.5) is 11.5 Å². The van der Waals surface area contributed by atoms with E-state index in [1.54, 1.807) is 19.9 Å². The van der Waals surface area contributed by atoms with Crippen molar-refractivity contribution < 1.29 is 14.8 Å². The van der Waals surface area contributed by atoms with Gasteiger partial charge in [-0.05, 0) is 12.8 Å². The Morgan fingerprint density at radius 3 is 2.60 bits per heavy atom. The van der Waals surface area contributed by atoms with Gasteiger partial charge in [-0.15, -0.1) is 0 Å². The molecule has 0 aliphatic carbocycles. The second kappa shape index (κ2) is 5.97. The molecule has 0 spiro atoms. The largest absolute Gasteiger partial charge is 0.480 e. The first-order valence-corrected chi connectivity index (χ1v) is 5.96. The minimum Gasteiger partial charge on any atom is -0.480 e. The molecule has 0 aliphatic heterocycles. The summed E-state index contributed by atoms with van der Waals surface area (Å²) >= 11 is 0. The summed E-state index contributed by atoms with van der Waals surface area (Å²) in [4.78, 5) is 25.5. The molecule has 2 N–H and O–H groups in total. The summed E-state index contributed by atoms with van der Waals surface area (Å²) in [6, 6.07) is 2.81. The van der Waals surface area contributed by atoms with Crippen LogP contribution in [0, 0.1) is 21.4 Å². The van der Waals surface area contributed by atoms with Crippen LogP contribution >= 0.6 is 0 Å². The van der Waals surface area contributed by atoms with Crippen LogP contribution in [-0.2, 0) is 4.79 Å². The van der Waals surface area contributed by atoms with Gasteiger partial charge in [0.2, 0.25) is 5.82 Å². The summed E-state index contributed by atoms with van der Waals surface area (Å²) in [5.74, 6) is -1.26. The number of rotatable bonds is 6. The van der Waals surface area contributed by atoms with Gasteiger partial charge in [0.15, 0.2) is 0 Å². The number of hydrogen-bond donors (Lipinski definition) is 2. The zero-order chi connectivity index (χ0) is 15.3. The minimum absolute atomic E-state index is 0.0381. The third-order valence-electron chi connectivity index (χ3n) is 3.17. The number of aromatic nitrogens is 1. The lowest BCUT2D eigenvalue weighted by atomic mass is 9.93. The van der Waals surface area contributed by atoms with Gasteiger partial charge in [-0.1, -0.05) is 13.8 Å². The number of nitrogens with zero attached hydrogens (tertiary/aromatic N) is 3. The number of nitro groups is 1. The number of pyridine rings is 1. The molecule has 0 aromatic carbocycles. The van der Waals surface area contributed by atoms with Crippen molar-refractivity contribution in [3.63, 3.8) is 0 Å². The Morgan fingerprint density at radius 1 is 1.60 bits per heavy atom. The maximum Gasteiger partial charge on any atom is 0.329 e. The first-order chi connectivity index (χ1) is 9.40. The zero-order valence-electron chi connectivity index (χ0n) is 11.1. The number of carbonyl (C=O) groups is 1. The van der Waals surface area contributed by atoms with E-state index in [0.29, 0.717) is 0 Å². The predicted molar refractivity (Wildman–Crippen MR) is 70.2 cm³/mol. The smallest absolute Gasteiger partial charge is 0.329 e. The molecule has 8 nitrogen and oxygen atoms in total. The first kappa shape index (κ1) is 15.4. The van der Waals surface area contributed by atoms with Crippen molar-refractivity contribution >= 4 is 17.5 Å². The first-order valence-electron chi connectivity index (χ1n) is 5.96. The number of nitrogens with one attached hydrogen (secondary N) is 1. The third-order valence-corrected chi connectivity index (χ3v) is 3.17. The quantitative estimate of drug-likeness (QED) is 0.600. The molecule has 0 saturated heterocycles. The summed E-state index contributed by atoms with van der Waals surface area (Å²) in [5, 5.41) is 31.6. The fourth-order valence-corrected chi connectivity index (χ4v) is 1.76. The Balaban J connectivity index is 3.30. The molecule has 0 aliphatic rings. The number of carboxylic acids is 1. The molecule has 8 heteroatoms. The Kier molecular flexibility index (Phi) is 4.59. The molecule has 0 unspecified atom stereocenters. The molecule has 0 radical (unpaired) electrons. The van der Waals surface area contributed by atoms with Gasteiger partial charge >= 0.3 is 11.7 Å². The van der Waals surface area contributed by atoms with Crippen LogP contribution < -0.4 is 5.32 Å². The molecular weight excluding hydrogens is 264 g/mol. The fraction of sp³-hybridized carbons (Fsp3) is 0.417. The lowest BCUT2D eigenvalue weighted by molar-refractivity contribution is -0.384. The highest BCUT2D eigenvalue weighted by Crippen LogP contribution is 2.28. The Hall–Kier alpha value is -2.69. The molecule has 20 heavy (non-hydrogen) atoms. The van der Waals surface area contributed by atoms with E-state index in [9.17, 15) is 20.0 Å². The number of carboxylic acid groups (broad SMARTS) is 1. The normalized spacial score (nSPS) is 10.7. The van der Waals surface area contributed by atoms with Gasteiger partial charge in [-0.2, -0.15) is 5.26 Å². The Morgan fingerprint density at radius 2 is 2.20 bits per heavy atom. The van der Waals surface area contributed by atoms with Crippen LogP contribution in [0.25, 0.3) is 0 Å². The highest BCUT2D eigenvalue weighted by Gasteiger charge is 2.37. The summed E-state index contributed by atoms with van der Waals surface area (Å²) in [6.07, 6.45) is 1.63. The average molecular weight is 278 g/mol. The maximum absolute atomic E-state index is 11.4. The SMILES string of the molecule is CCC(CC)(Nc1ncc(C#N)cc1[N+](=O)[O-])C(=O)O. The van der Waals surface area contributed by atoms with E-state index < -0.39 is 22.1 Å². The molecule has 1 aromatic rings. The van der Waals surface area contributed by atoms with Gasteiger partial charge in [-0.25, -0.2) is 9.78 Å². The Bertz CT molecular complexity index is 575. The van der Waals surface area contributed by atoms with Crippen molar-refractivity contribution in [1.82, 2.24) is 4.98 Å². The van der Waals surface area contributed by atoms with Crippen molar-refractivity contribution in [2.75, 3.05) is 5.32 Å². The van der Waals surface area contributed by atoms with E-state index >= 15 is 0 Å². The average Bonchev–Trinajstić information content (AvgIpc) is 2.44. The van der Waals surface area contributed by atoms with Crippen LogP contribution in [0.5, 0.6) is 0 Å². The summed E-state index contributed by atoms with van der Waals surface area (Å²) in [6.45, 7) is 3.33. The van der Waals surface area contributed by atoms with Gasteiger partial charge in [0.05, 0.1) is 10.5 Å². The van der Waals surface area contributed by atoms with Crippen LogP contribution in [0.15, 0.2) is 12.3 Å². The zero-order valence-corrected chi connectivity index (χ0v) is 11.1. The second-order valence-corrected chi connectivity index (χ2v) is 4.18. The lowest BCUT2D eigenvalue weighted by Gasteiger charge is -2.28. The molecule has 1 heterocycles. The van der Waals surface area contributed by atoms with E-state index in [1.807, 2.05) is 0 Å². The van der Waals surface area contributed by atoms with Crippen molar-refractivity contribution in [2.45, 2.75) is 32.2 Å². The summed E-state index contributed by atoms with van der Waals surface area (Å²) in [5.41, 5.74) is -1.71. The van der Waals surface area contributed by atoms with Crippen molar-refractivity contribution in [3.05, 3.63) is 27.9 Å². The van der Waals surface area contributed by atoms with Crippen LogP contribution in [0.2, 0.25) is 0 Å². The van der Waals surface area contributed by atoms with Gasteiger partial charge in [0, 0.05) is 12.3 Å². The van der Waals surface area contributed by atoms with Crippen LogP contribution in [0.3, 0.4) is 0 Å². The molecule has 0 fully saturated rings. The number of aliphatic carboxylic acids is 1. The molecule has 106 valence electrons. The van der Waals surface area contributed by atoms with E-state index in [-0.39, 0.29) is 24.2 Å². The van der Waals surface area contributed by atoms with Crippen molar-refractivity contribution in [2.24, 2.45) is 0 Å². The van der Waals surface area contributed by atoms with Crippen molar-refractivity contribution in [3.8, 4) is 6.07 Å². The van der Waals surface area contributed by atoms with Gasteiger partial charge < -0.3 is 10.4 Å². The fourth-order valence-electron chi connectivity index (χ4n) is 1.76. The van der Waals surface area contributed by atoms with E-state index in [1.165, 1.54) is 0 Å². The molecule has 0 amide bonds. The number of nitriles is 1. The van der Waals surface area contributed by atoms with E-state index in [2.05, 4.69) is 10.3 Å². The summed E-state index contributed by atoms with van der Waals surface area (Å²) in [7, 11) is 0. The maximum atomic E-state index is 11.4. The van der Waals surface area contributed by atoms with Crippen molar-refractivity contribution in [1.29, 1.82) is 5.26 Å². The number of hydrogen-bond acceptors (Lipinski definition) is 6. The van der Waals surface area contributed by atoms with Gasteiger partial charge in [0.25, 0.3) is 0 Å². The monoisotopic (exact) mass is 278 g/mol. The minimum atomic E-state index is -1.33. The number of anilines is 1. The molecule has 0 saturated carbocycles. The highest BCUT2D eigenvalue weighted by molar-refractivity contribution is 5.83. The van der Waals surface area contributed by atoms with Crippen LogP contribution in [0.1, 0.15) is 32.3 Å². The highest BCUT2D eigenvalue weighted by atomic mass is 16.6. The van der Waals surface area contributed by atoms with Gasteiger partial charge in [-0.3, -0.25) is 10.1 Å². The molecule has 1 aromatic heterocycles. The lowest BCUT2D eigenvalue weighted by Crippen LogP contribution is -2.45. The van der Waals surface area contributed by atoms with Crippen LogP contribution in [-0.4, -0.2) is 26.5 Å². The predicted octanol–water partition coefficient (Wildman–Crippen LogP) is 1.92. The van der Waals surface area contributed by atoms with E-state index in [4.69, 9.17) is 5.26 Å². The molecule has 1 rings (SSSR count). The topological polar surface area (TPSA) is 129 Å². The molecule has 0 atom stereocenters. The molecule has 0 bridgehead atoms.